The van der Waals surface area contributed by atoms with E-state index in [9.17, 15) is 4.79 Å². The van der Waals surface area contributed by atoms with Crippen LogP contribution >= 0.6 is 0 Å². The normalized spacial score (nSPS) is 14.0. The second kappa shape index (κ2) is 8.26. The first-order chi connectivity index (χ1) is 11.4. The molecule has 2 aromatic rings. The van der Waals surface area contributed by atoms with Crippen LogP contribution in [-0.4, -0.2) is 26.7 Å². The van der Waals surface area contributed by atoms with Crippen molar-refractivity contribution in [2.75, 3.05) is 6.61 Å². The lowest BCUT2D eigenvalue weighted by atomic mass is 10.1. The van der Waals surface area contributed by atoms with Gasteiger partial charge in [0.2, 0.25) is 0 Å². The van der Waals surface area contributed by atoms with E-state index < -0.39 is 14.1 Å². The van der Waals surface area contributed by atoms with Crippen LogP contribution in [0, 0.1) is 0 Å². The Labute approximate surface area is 145 Å². The van der Waals surface area contributed by atoms with Crippen molar-refractivity contribution in [1.29, 1.82) is 0 Å². The number of hydrogen-bond donors (Lipinski definition) is 1. The summed E-state index contributed by atoms with van der Waals surface area (Å²) in [7, 11) is -1.52. The molecule has 0 aliphatic carbocycles. The highest BCUT2D eigenvalue weighted by molar-refractivity contribution is 6.77. The molecule has 0 bridgehead atoms. The minimum absolute atomic E-state index is 0.270. The van der Waals surface area contributed by atoms with E-state index in [2.05, 4.69) is 31.8 Å². The second-order valence-electron chi connectivity index (χ2n) is 7.26. The van der Waals surface area contributed by atoms with Crippen molar-refractivity contribution in [3.8, 4) is 0 Å². The summed E-state index contributed by atoms with van der Waals surface area (Å²) in [4.78, 5) is 12.3. The molecule has 24 heavy (non-hydrogen) atoms. The third-order valence-corrected chi connectivity index (χ3v) is 6.83. The summed E-state index contributed by atoms with van der Waals surface area (Å²) in [5.41, 5.74) is 8.58. The number of nitrogens with two attached hydrogens (primary N) is 1. The predicted molar refractivity (Wildman–Crippen MR) is 102 cm³/mol. The molecule has 1 unspecified atom stereocenters. The van der Waals surface area contributed by atoms with Crippen molar-refractivity contribution in [1.82, 2.24) is 0 Å². The Morgan fingerprint density at radius 3 is 2.08 bits per heavy atom. The van der Waals surface area contributed by atoms with Gasteiger partial charge in [-0.05, 0) is 17.5 Å². The number of carbonyl (C=O) groups is 1. The Balaban J connectivity index is 1.97. The molecule has 0 radical (unpaired) electrons. The Morgan fingerprint density at radius 2 is 1.54 bits per heavy atom. The molecular weight excluding hydrogens is 314 g/mol. The third-order valence-electron chi connectivity index (χ3n) is 4.24. The fourth-order valence-corrected chi connectivity index (χ4v) is 4.53. The minimum Gasteiger partial charge on any atom is -0.464 e. The van der Waals surface area contributed by atoms with Crippen LogP contribution in [0.2, 0.25) is 19.6 Å². The minimum atomic E-state index is -1.52. The zero-order chi connectivity index (χ0) is 17.6. The van der Waals surface area contributed by atoms with Crippen molar-refractivity contribution < 1.29 is 9.53 Å². The summed E-state index contributed by atoms with van der Waals surface area (Å²) in [6.45, 7) is 7.29. The van der Waals surface area contributed by atoms with Gasteiger partial charge in [0.1, 0.15) is 6.04 Å². The molecule has 0 aliphatic heterocycles. The van der Waals surface area contributed by atoms with Gasteiger partial charge in [0.05, 0.1) is 14.7 Å². The maximum absolute atomic E-state index is 12.3. The van der Waals surface area contributed by atoms with Gasteiger partial charge in [-0.25, -0.2) is 0 Å². The lowest BCUT2D eigenvalue weighted by Crippen LogP contribution is -2.39. The summed E-state index contributed by atoms with van der Waals surface area (Å²) in [6.07, 6.45) is 0.503. The standard InChI is InChI=1S/C20H27NO2Si/c1-24(2,3)19(17-12-8-5-9-13-17)15-23-20(22)18(21)14-16-10-6-4-7-11-16/h4-13,18-19H,14-15,21H2,1-3H3/t18-,19?/m0/s1. The molecule has 2 rings (SSSR count). The van der Waals surface area contributed by atoms with Crippen LogP contribution in [-0.2, 0) is 16.0 Å². The molecule has 0 amide bonds. The van der Waals surface area contributed by atoms with Crippen LogP contribution < -0.4 is 5.73 Å². The summed E-state index contributed by atoms with van der Waals surface area (Å²) in [5.74, 6) is -0.321. The maximum atomic E-state index is 12.3. The van der Waals surface area contributed by atoms with E-state index in [1.165, 1.54) is 5.56 Å². The molecule has 0 saturated carbocycles. The molecule has 2 aromatic carbocycles. The molecule has 0 fully saturated rings. The van der Waals surface area contributed by atoms with Gasteiger partial charge in [0, 0.05) is 5.54 Å². The van der Waals surface area contributed by atoms with E-state index in [-0.39, 0.29) is 11.5 Å². The van der Waals surface area contributed by atoms with E-state index in [0.29, 0.717) is 13.0 Å². The van der Waals surface area contributed by atoms with Gasteiger partial charge in [-0.3, -0.25) is 4.79 Å². The zero-order valence-corrected chi connectivity index (χ0v) is 15.7. The van der Waals surface area contributed by atoms with E-state index in [1.807, 2.05) is 48.5 Å². The van der Waals surface area contributed by atoms with Crippen molar-refractivity contribution in [2.45, 2.75) is 37.6 Å². The van der Waals surface area contributed by atoms with Gasteiger partial charge >= 0.3 is 5.97 Å². The van der Waals surface area contributed by atoms with Crippen molar-refractivity contribution >= 4 is 14.0 Å². The topological polar surface area (TPSA) is 52.3 Å². The van der Waals surface area contributed by atoms with Gasteiger partial charge in [0.15, 0.2) is 0 Å². The van der Waals surface area contributed by atoms with Gasteiger partial charge in [0.25, 0.3) is 0 Å². The molecule has 0 heterocycles. The maximum Gasteiger partial charge on any atom is 0.323 e. The lowest BCUT2D eigenvalue weighted by Gasteiger charge is -2.29. The average molecular weight is 342 g/mol. The molecule has 3 nitrogen and oxygen atoms in total. The third kappa shape index (κ3) is 5.32. The van der Waals surface area contributed by atoms with Crippen molar-refractivity contribution in [3.63, 3.8) is 0 Å². The summed E-state index contributed by atoms with van der Waals surface area (Å²) in [5, 5.41) is 0. The summed E-state index contributed by atoms with van der Waals surface area (Å²) >= 11 is 0. The van der Waals surface area contributed by atoms with Crippen molar-refractivity contribution in [3.05, 3.63) is 71.8 Å². The zero-order valence-electron chi connectivity index (χ0n) is 14.7. The molecule has 0 saturated heterocycles. The molecule has 128 valence electrons. The van der Waals surface area contributed by atoms with Crippen LogP contribution in [0.15, 0.2) is 60.7 Å². The molecule has 4 heteroatoms. The van der Waals surface area contributed by atoms with Crippen LogP contribution in [0.5, 0.6) is 0 Å². The van der Waals surface area contributed by atoms with Crippen LogP contribution in [0.25, 0.3) is 0 Å². The van der Waals surface area contributed by atoms with Gasteiger partial charge in [-0.1, -0.05) is 80.3 Å². The smallest absolute Gasteiger partial charge is 0.323 e. The average Bonchev–Trinajstić information content (AvgIpc) is 2.55. The van der Waals surface area contributed by atoms with Gasteiger partial charge < -0.3 is 10.5 Å². The number of hydrogen-bond acceptors (Lipinski definition) is 3. The van der Waals surface area contributed by atoms with E-state index in [1.54, 1.807) is 0 Å². The summed E-state index contributed by atoms with van der Waals surface area (Å²) < 4.78 is 5.59. The molecular formula is C20H27NO2Si. The molecule has 0 aliphatic rings. The Kier molecular flexibility index (Phi) is 6.34. The predicted octanol–water partition coefficient (Wildman–Crippen LogP) is 3.76. The van der Waals surface area contributed by atoms with Crippen LogP contribution in [0.4, 0.5) is 0 Å². The van der Waals surface area contributed by atoms with Crippen LogP contribution in [0.1, 0.15) is 16.7 Å². The fraction of sp³-hybridized carbons (Fsp3) is 0.350. The largest absolute Gasteiger partial charge is 0.464 e. The number of ether oxygens (including phenoxy) is 1. The van der Waals surface area contributed by atoms with E-state index in [0.717, 1.165) is 5.56 Å². The number of carbonyl (C=O) groups excluding carboxylic acids is 1. The molecule has 2 N–H and O–H groups in total. The van der Waals surface area contributed by atoms with Crippen molar-refractivity contribution in [2.24, 2.45) is 5.73 Å². The van der Waals surface area contributed by atoms with Crippen LogP contribution in [0.3, 0.4) is 0 Å². The quantitative estimate of drug-likeness (QED) is 0.616. The first-order valence-electron chi connectivity index (χ1n) is 8.39. The van der Waals surface area contributed by atoms with E-state index in [4.69, 9.17) is 10.5 Å². The second-order valence-corrected chi connectivity index (χ2v) is 12.7. The number of esters is 1. The Bertz CT molecular complexity index is 638. The van der Waals surface area contributed by atoms with E-state index >= 15 is 0 Å². The first kappa shape index (κ1) is 18.4. The molecule has 0 aromatic heterocycles. The highest BCUT2D eigenvalue weighted by Crippen LogP contribution is 2.27. The fourth-order valence-electron chi connectivity index (χ4n) is 2.76. The monoisotopic (exact) mass is 341 g/mol. The highest BCUT2D eigenvalue weighted by Gasteiger charge is 2.30. The number of rotatable bonds is 7. The summed E-state index contributed by atoms with van der Waals surface area (Å²) in [6, 6.07) is 19.5. The number of benzene rings is 2. The highest BCUT2D eigenvalue weighted by atomic mass is 28.3. The Morgan fingerprint density at radius 1 is 1.00 bits per heavy atom. The lowest BCUT2D eigenvalue weighted by molar-refractivity contribution is -0.145. The van der Waals surface area contributed by atoms with Gasteiger partial charge in [-0.15, -0.1) is 0 Å². The SMILES string of the molecule is C[Si](C)(C)C(COC(=O)[C@@H](N)Cc1ccccc1)c1ccccc1. The Hall–Kier alpha value is -1.91. The first-order valence-corrected chi connectivity index (χ1v) is 12.0. The molecule has 2 atom stereocenters. The van der Waals surface area contributed by atoms with Gasteiger partial charge in [-0.2, -0.15) is 0 Å². The molecule has 0 spiro atoms.